The average Bonchev–Trinajstić information content (AvgIpc) is 3.26. The van der Waals surface area contributed by atoms with E-state index in [2.05, 4.69) is 51.7 Å². The monoisotopic (exact) mass is 530 g/mol. The molecule has 0 radical (unpaired) electrons. The Balaban J connectivity index is 0.00000320. The fourth-order valence-electron chi connectivity index (χ4n) is 4.07. The van der Waals surface area contributed by atoms with Gasteiger partial charge in [-0.15, -0.1) is 24.0 Å². The molecule has 7 heteroatoms. The van der Waals surface area contributed by atoms with Crippen LogP contribution in [0, 0.1) is 0 Å². The Kier molecular flexibility index (Phi) is 12.0. The summed E-state index contributed by atoms with van der Waals surface area (Å²) in [6, 6.07) is 9.44. The number of piperidine rings is 1. The number of ether oxygens (including phenoxy) is 2. The van der Waals surface area contributed by atoms with E-state index >= 15 is 0 Å². The van der Waals surface area contributed by atoms with Gasteiger partial charge in [0.1, 0.15) is 0 Å². The van der Waals surface area contributed by atoms with Crippen LogP contribution < -0.4 is 10.6 Å². The molecular weight excluding hydrogens is 491 g/mol. The second-order valence-electron chi connectivity index (χ2n) is 8.15. The number of nitrogens with zero attached hydrogens (tertiary/aromatic N) is 2. The van der Waals surface area contributed by atoms with E-state index in [4.69, 9.17) is 9.47 Å². The van der Waals surface area contributed by atoms with Crippen LogP contribution in [0.15, 0.2) is 29.3 Å². The quantitative estimate of drug-likeness (QED) is 0.222. The molecule has 0 aliphatic carbocycles. The maximum Gasteiger partial charge on any atom is 0.191 e. The number of guanidine groups is 1. The third kappa shape index (κ3) is 8.32. The highest BCUT2D eigenvalue weighted by Gasteiger charge is 2.19. The second kappa shape index (κ2) is 14.2. The van der Waals surface area contributed by atoms with Crippen LogP contribution in [0.1, 0.15) is 50.2 Å². The lowest BCUT2D eigenvalue weighted by molar-refractivity contribution is 0.0420. The molecular formula is C23H39IN4O2. The minimum atomic E-state index is 0. The largest absolute Gasteiger partial charge is 0.379 e. The summed E-state index contributed by atoms with van der Waals surface area (Å²) in [6.45, 7) is 8.57. The van der Waals surface area contributed by atoms with Crippen LogP contribution in [0.2, 0.25) is 0 Å². The molecule has 0 amide bonds. The summed E-state index contributed by atoms with van der Waals surface area (Å²) in [5, 5.41) is 6.86. The van der Waals surface area contributed by atoms with Crippen molar-refractivity contribution in [2.24, 2.45) is 4.99 Å². The van der Waals surface area contributed by atoms with Crippen molar-refractivity contribution in [3.8, 4) is 0 Å². The number of rotatable bonds is 9. The standard InChI is InChI=1S/C23H38N4O2.HI/c1-19-8-5-6-13-27(19)17-21-10-4-3-9-20(21)16-26-23(24-2)25-12-7-14-29-22-11-15-28-18-22;/h3-4,9-10,19,22H,5-8,11-18H2,1-2H3,(H2,24,25,26);1H. The molecule has 3 rings (SSSR count). The Bertz CT molecular complexity index is 637. The van der Waals surface area contributed by atoms with Gasteiger partial charge in [0.15, 0.2) is 5.96 Å². The lowest BCUT2D eigenvalue weighted by Crippen LogP contribution is -2.39. The SMILES string of the molecule is CN=C(NCCCOC1CCOC1)NCc1ccccc1CN1CCCCC1C.I. The average molecular weight is 530 g/mol. The van der Waals surface area contributed by atoms with Gasteiger partial charge in [-0.2, -0.15) is 0 Å². The summed E-state index contributed by atoms with van der Waals surface area (Å²) in [4.78, 5) is 6.97. The minimum absolute atomic E-state index is 0. The van der Waals surface area contributed by atoms with Crippen molar-refractivity contribution in [3.63, 3.8) is 0 Å². The number of likely N-dealkylation sites (tertiary alicyclic amines) is 1. The zero-order chi connectivity index (χ0) is 20.3. The van der Waals surface area contributed by atoms with E-state index in [9.17, 15) is 0 Å². The zero-order valence-corrected chi connectivity index (χ0v) is 20.9. The normalized spacial score (nSPS) is 22.5. The van der Waals surface area contributed by atoms with Crippen molar-refractivity contribution in [2.75, 3.05) is 40.0 Å². The van der Waals surface area contributed by atoms with Crippen molar-refractivity contribution >= 4 is 29.9 Å². The van der Waals surface area contributed by atoms with Gasteiger partial charge in [0.05, 0.1) is 12.7 Å². The fraction of sp³-hybridized carbons (Fsp3) is 0.696. The lowest BCUT2D eigenvalue weighted by atomic mass is 10.0. The van der Waals surface area contributed by atoms with E-state index in [0.29, 0.717) is 6.04 Å². The highest BCUT2D eigenvalue weighted by molar-refractivity contribution is 14.0. The van der Waals surface area contributed by atoms with Crippen LogP contribution in [0.25, 0.3) is 0 Å². The first-order chi connectivity index (χ1) is 14.3. The molecule has 2 heterocycles. The van der Waals surface area contributed by atoms with Crippen molar-refractivity contribution < 1.29 is 9.47 Å². The molecule has 1 aromatic rings. The van der Waals surface area contributed by atoms with Crippen LogP contribution in [0.5, 0.6) is 0 Å². The maximum atomic E-state index is 5.81. The van der Waals surface area contributed by atoms with Gasteiger partial charge in [-0.25, -0.2) is 0 Å². The highest BCUT2D eigenvalue weighted by atomic mass is 127. The van der Waals surface area contributed by atoms with Gasteiger partial charge in [-0.1, -0.05) is 30.7 Å². The molecule has 2 atom stereocenters. The van der Waals surface area contributed by atoms with Crippen molar-refractivity contribution in [3.05, 3.63) is 35.4 Å². The molecule has 2 aliphatic heterocycles. The predicted octanol–water partition coefficient (Wildman–Crippen LogP) is 3.54. The topological polar surface area (TPSA) is 58.1 Å². The zero-order valence-electron chi connectivity index (χ0n) is 18.6. The Labute approximate surface area is 199 Å². The first kappa shape index (κ1) is 25.4. The van der Waals surface area contributed by atoms with E-state index in [1.807, 2.05) is 7.05 Å². The first-order valence-corrected chi connectivity index (χ1v) is 11.2. The van der Waals surface area contributed by atoms with Crippen LogP contribution in [-0.2, 0) is 22.6 Å². The van der Waals surface area contributed by atoms with Gasteiger partial charge in [0.2, 0.25) is 0 Å². The Morgan fingerprint density at radius 1 is 1.20 bits per heavy atom. The minimum Gasteiger partial charge on any atom is -0.379 e. The van der Waals surface area contributed by atoms with Gasteiger partial charge in [0, 0.05) is 45.9 Å². The summed E-state index contributed by atoms with van der Waals surface area (Å²) in [5.74, 6) is 0.843. The smallest absolute Gasteiger partial charge is 0.191 e. The van der Waals surface area contributed by atoms with E-state index in [-0.39, 0.29) is 30.1 Å². The summed E-state index contributed by atoms with van der Waals surface area (Å²) in [6.07, 6.45) is 6.26. The van der Waals surface area contributed by atoms with Crippen molar-refractivity contribution in [2.45, 2.75) is 64.3 Å². The van der Waals surface area contributed by atoms with Crippen LogP contribution in [-0.4, -0.2) is 63.0 Å². The van der Waals surface area contributed by atoms with Crippen LogP contribution >= 0.6 is 24.0 Å². The predicted molar refractivity (Wildman–Crippen MR) is 134 cm³/mol. The van der Waals surface area contributed by atoms with Gasteiger partial charge in [-0.05, 0) is 50.3 Å². The number of halogens is 1. The molecule has 6 nitrogen and oxygen atoms in total. The van der Waals surface area contributed by atoms with Gasteiger partial charge in [0.25, 0.3) is 0 Å². The molecule has 2 N–H and O–H groups in total. The Morgan fingerprint density at radius 2 is 2.03 bits per heavy atom. The summed E-state index contributed by atoms with van der Waals surface area (Å²) in [7, 11) is 1.82. The molecule has 2 fully saturated rings. The molecule has 2 aliphatic rings. The molecule has 2 unspecified atom stereocenters. The molecule has 170 valence electrons. The van der Waals surface area contributed by atoms with Crippen molar-refractivity contribution in [1.29, 1.82) is 0 Å². The number of nitrogens with one attached hydrogen (secondary N) is 2. The summed E-state index contributed by atoms with van der Waals surface area (Å²) in [5.41, 5.74) is 2.76. The fourth-order valence-corrected chi connectivity index (χ4v) is 4.07. The molecule has 1 aromatic carbocycles. The van der Waals surface area contributed by atoms with Gasteiger partial charge < -0.3 is 20.1 Å². The van der Waals surface area contributed by atoms with E-state index in [1.165, 1.54) is 36.9 Å². The second-order valence-corrected chi connectivity index (χ2v) is 8.15. The van der Waals surface area contributed by atoms with E-state index < -0.39 is 0 Å². The molecule has 30 heavy (non-hydrogen) atoms. The molecule has 0 aromatic heterocycles. The van der Waals surface area contributed by atoms with Gasteiger partial charge in [-0.3, -0.25) is 9.89 Å². The maximum absolute atomic E-state index is 5.81. The highest BCUT2D eigenvalue weighted by Crippen LogP contribution is 2.20. The lowest BCUT2D eigenvalue weighted by Gasteiger charge is -2.33. The van der Waals surface area contributed by atoms with E-state index in [0.717, 1.165) is 58.3 Å². The van der Waals surface area contributed by atoms with E-state index in [1.54, 1.807) is 0 Å². The number of hydrogen-bond donors (Lipinski definition) is 2. The van der Waals surface area contributed by atoms with Gasteiger partial charge >= 0.3 is 0 Å². The first-order valence-electron chi connectivity index (χ1n) is 11.2. The third-order valence-corrected chi connectivity index (χ3v) is 5.96. The van der Waals surface area contributed by atoms with Crippen LogP contribution in [0.3, 0.4) is 0 Å². The summed E-state index contributed by atoms with van der Waals surface area (Å²) < 4.78 is 11.1. The Hall–Kier alpha value is -0.900. The van der Waals surface area contributed by atoms with Crippen LogP contribution in [0.4, 0.5) is 0 Å². The molecule has 0 spiro atoms. The Morgan fingerprint density at radius 3 is 2.77 bits per heavy atom. The van der Waals surface area contributed by atoms with Crippen molar-refractivity contribution in [1.82, 2.24) is 15.5 Å². The number of benzene rings is 1. The number of aliphatic imine (C=N–C) groups is 1. The number of hydrogen-bond acceptors (Lipinski definition) is 4. The molecule has 2 saturated heterocycles. The third-order valence-electron chi connectivity index (χ3n) is 5.96. The molecule has 0 bridgehead atoms. The molecule has 0 saturated carbocycles. The summed E-state index contributed by atoms with van der Waals surface area (Å²) >= 11 is 0.